The molecule has 0 aromatic rings. The second kappa shape index (κ2) is 3.38. The van der Waals surface area contributed by atoms with Crippen LogP contribution in [0.3, 0.4) is 0 Å². The minimum atomic E-state index is -4.47. The number of alkyl halides is 3. The van der Waals surface area contributed by atoms with Crippen molar-refractivity contribution < 1.29 is 21.6 Å². The average Bonchev–Trinajstić information content (AvgIpc) is 1.59. The van der Waals surface area contributed by atoms with Crippen LogP contribution in [-0.2, 0) is 14.5 Å². The zero-order chi connectivity index (χ0) is 7.49. The molecule has 1 atom stereocenters. The zero-order valence-corrected chi connectivity index (χ0v) is 5.52. The molecule has 0 aliphatic carbocycles. The Labute approximate surface area is 56.1 Å². The van der Waals surface area contributed by atoms with E-state index in [1.807, 2.05) is 0 Å². The van der Waals surface area contributed by atoms with E-state index in [-0.39, 0.29) is 0 Å². The molecule has 0 amide bonds. The molecule has 0 rings (SSSR count). The van der Waals surface area contributed by atoms with Crippen molar-refractivity contribution in [3.05, 3.63) is 0 Å². The van der Waals surface area contributed by atoms with E-state index in [1.165, 1.54) is 0 Å². The van der Waals surface area contributed by atoms with Crippen molar-refractivity contribution in [3.63, 3.8) is 0 Å². The molecule has 0 aromatic heterocycles. The minimum absolute atomic E-state index is 1.58. The van der Waals surface area contributed by atoms with Gasteiger partial charge in [-0.05, 0) is 0 Å². The predicted molar refractivity (Wildman–Crippen MR) is 26.0 cm³/mol. The topological polar surface area (TPSA) is 26.3 Å². The highest BCUT2D eigenvalue weighted by molar-refractivity contribution is 8.04. The summed E-state index contributed by atoms with van der Waals surface area (Å²) in [6, 6.07) is 0. The molecule has 0 N–H and O–H groups in total. The zero-order valence-electron chi connectivity index (χ0n) is 3.94. The largest absolute Gasteiger partial charge is 0.413 e. The Bertz CT molecular complexity index is 113. The second-order valence-corrected chi connectivity index (χ2v) is 2.45. The van der Waals surface area contributed by atoms with Gasteiger partial charge in [-0.2, -0.15) is 13.2 Å². The van der Waals surface area contributed by atoms with Crippen LogP contribution in [0.5, 0.6) is 0 Å². The lowest BCUT2D eigenvalue weighted by molar-refractivity contribution is -0.151. The molecule has 0 fully saturated rings. The van der Waals surface area contributed by atoms with E-state index >= 15 is 0 Å². The second-order valence-electron chi connectivity index (χ2n) is 1.07. The fraction of sp³-hybridized carbons (Fsp3) is 1.00. The van der Waals surface area contributed by atoms with Crippen LogP contribution in [0.1, 0.15) is 0 Å². The maximum atomic E-state index is 11.1. The van der Waals surface area contributed by atoms with Gasteiger partial charge in [-0.3, -0.25) is 4.18 Å². The summed E-state index contributed by atoms with van der Waals surface area (Å²) in [7, 11) is 2.17. The van der Waals surface area contributed by atoms with E-state index in [2.05, 4.69) is 14.9 Å². The molecule has 0 aliphatic heterocycles. The maximum absolute atomic E-state index is 11.1. The van der Waals surface area contributed by atoms with Gasteiger partial charge >= 0.3 is 6.18 Å². The van der Waals surface area contributed by atoms with E-state index in [4.69, 9.17) is 0 Å². The molecule has 56 valence electrons. The van der Waals surface area contributed by atoms with Gasteiger partial charge in [0.25, 0.3) is 10.3 Å². The van der Waals surface area contributed by atoms with Crippen molar-refractivity contribution in [1.82, 2.24) is 0 Å². The summed E-state index contributed by atoms with van der Waals surface area (Å²) in [4.78, 5) is 0. The summed E-state index contributed by atoms with van der Waals surface area (Å²) in [5.41, 5.74) is 0. The molecular weight excluding hydrogens is 181 g/mol. The normalized spacial score (nSPS) is 15.6. The van der Waals surface area contributed by atoms with Crippen molar-refractivity contribution in [2.24, 2.45) is 0 Å². The third-order valence-electron chi connectivity index (χ3n) is 0.315. The van der Waals surface area contributed by atoms with Crippen LogP contribution in [0.15, 0.2) is 0 Å². The number of rotatable bonds is 2. The van der Waals surface area contributed by atoms with Crippen LogP contribution in [0.25, 0.3) is 0 Å². The smallest absolute Gasteiger partial charge is 0.269 e. The molecule has 0 heterocycles. The third-order valence-corrected chi connectivity index (χ3v) is 0.886. The fourth-order valence-corrected chi connectivity index (χ4v) is 0.473. The predicted octanol–water partition coefficient (Wildman–Crippen LogP) is 1.38. The fourth-order valence-electron chi connectivity index (χ4n) is 0.113. The Balaban J connectivity index is 3.39. The molecule has 2 nitrogen and oxygen atoms in total. The van der Waals surface area contributed by atoms with Gasteiger partial charge in [-0.15, -0.1) is 0 Å². The van der Waals surface area contributed by atoms with Crippen LogP contribution in [0, 0.1) is 0 Å². The average molecular weight is 183 g/mol. The molecule has 0 unspecified atom stereocenters. The quantitative estimate of drug-likeness (QED) is 0.603. The van der Waals surface area contributed by atoms with Gasteiger partial charge in [0.15, 0.2) is 6.61 Å². The van der Waals surface area contributed by atoms with E-state index in [0.29, 0.717) is 0 Å². The lowest BCUT2D eigenvalue weighted by Gasteiger charge is -2.01. The van der Waals surface area contributed by atoms with E-state index in [1.54, 1.807) is 0 Å². The molecule has 0 spiro atoms. The van der Waals surface area contributed by atoms with Gasteiger partial charge in [0.05, 0.1) is 0 Å². The van der Waals surface area contributed by atoms with Gasteiger partial charge in [-0.1, -0.05) is 0 Å². The number of halogens is 4. The first-order valence-corrected chi connectivity index (χ1v) is 3.60. The van der Waals surface area contributed by atoms with E-state index < -0.39 is 23.1 Å². The lowest BCUT2D eigenvalue weighted by atomic mass is 10.7. The molecule has 0 radical (unpaired) electrons. The van der Waals surface area contributed by atoms with E-state index in [0.717, 1.165) is 0 Å². The van der Waals surface area contributed by atoms with Crippen LogP contribution >= 0.6 is 10.7 Å². The summed E-state index contributed by atoms with van der Waals surface area (Å²) in [5, 5.41) is 0. The Morgan fingerprint density at radius 3 is 2.11 bits per heavy atom. The SMILES string of the molecule is O=[S@](Cl)OCC(F)(F)F. The minimum Gasteiger partial charge on any atom is -0.269 e. The van der Waals surface area contributed by atoms with Crippen LogP contribution < -0.4 is 0 Å². The number of hydrogen-bond acceptors (Lipinski definition) is 2. The summed E-state index contributed by atoms with van der Waals surface area (Å²) in [6.07, 6.45) is -4.47. The lowest BCUT2D eigenvalue weighted by Crippen LogP contribution is -2.16. The highest BCUT2D eigenvalue weighted by Crippen LogP contribution is 2.15. The van der Waals surface area contributed by atoms with E-state index in [9.17, 15) is 17.4 Å². The first-order chi connectivity index (χ1) is 3.92. The molecular formula is C2H2ClF3O2S. The van der Waals surface area contributed by atoms with Crippen LogP contribution in [0.2, 0.25) is 0 Å². The standard InChI is InChI=1S/C2H2ClF3O2S/c3-9(7)8-1-2(4,5)6/h1H2/t9-/m0/s1. The molecule has 0 aromatic carbocycles. The van der Waals surface area contributed by atoms with Gasteiger partial charge in [0, 0.05) is 10.7 Å². The molecule has 0 bridgehead atoms. The van der Waals surface area contributed by atoms with Gasteiger partial charge in [0.1, 0.15) is 0 Å². The maximum Gasteiger partial charge on any atom is 0.413 e. The number of hydrogen-bond donors (Lipinski definition) is 0. The van der Waals surface area contributed by atoms with Gasteiger partial charge in [0.2, 0.25) is 0 Å². The molecule has 0 aliphatic rings. The van der Waals surface area contributed by atoms with Crippen LogP contribution in [0.4, 0.5) is 13.2 Å². The van der Waals surface area contributed by atoms with Gasteiger partial charge in [-0.25, -0.2) is 4.21 Å². The summed E-state index contributed by atoms with van der Waals surface area (Å²) in [5.74, 6) is 0. The summed E-state index contributed by atoms with van der Waals surface area (Å²) < 4.78 is 46.5. The third kappa shape index (κ3) is 8.19. The highest BCUT2D eigenvalue weighted by atomic mass is 35.7. The molecule has 0 saturated heterocycles. The first-order valence-electron chi connectivity index (χ1n) is 1.70. The molecule has 9 heavy (non-hydrogen) atoms. The Morgan fingerprint density at radius 1 is 1.56 bits per heavy atom. The van der Waals surface area contributed by atoms with Crippen molar-refractivity contribution in [1.29, 1.82) is 0 Å². The Kier molecular flexibility index (Phi) is 3.45. The van der Waals surface area contributed by atoms with Crippen molar-refractivity contribution in [2.45, 2.75) is 6.18 Å². The monoisotopic (exact) mass is 182 g/mol. The van der Waals surface area contributed by atoms with Crippen LogP contribution in [-0.4, -0.2) is 17.0 Å². The van der Waals surface area contributed by atoms with Crippen molar-refractivity contribution >= 4 is 21.0 Å². The molecule has 7 heteroatoms. The first kappa shape index (κ1) is 9.19. The summed E-state index contributed by atoms with van der Waals surface area (Å²) >= 11 is 0. The highest BCUT2D eigenvalue weighted by Gasteiger charge is 2.28. The van der Waals surface area contributed by atoms with Crippen molar-refractivity contribution in [2.75, 3.05) is 6.61 Å². The Hall–Kier alpha value is 0.190. The molecule has 0 saturated carbocycles. The Morgan fingerprint density at radius 2 is 2.00 bits per heavy atom. The summed E-state index contributed by atoms with van der Waals surface area (Å²) in [6.45, 7) is -1.58. The van der Waals surface area contributed by atoms with Gasteiger partial charge < -0.3 is 0 Å². The van der Waals surface area contributed by atoms with Crippen molar-refractivity contribution in [3.8, 4) is 0 Å².